The lowest BCUT2D eigenvalue weighted by molar-refractivity contribution is -0.123. The molecule has 1 aliphatic heterocycles. The molecule has 2 unspecified atom stereocenters. The highest BCUT2D eigenvalue weighted by atomic mass is 16.2. The van der Waals surface area contributed by atoms with Crippen molar-refractivity contribution in [3.8, 4) is 0 Å². The SMILES string of the molecule is Cc1cc(CC(N)C(=O)NC(C)CC2CCN(CCN(C)C)CC2)cc2cn[nH]c12. The van der Waals surface area contributed by atoms with E-state index in [4.69, 9.17) is 5.73 Å². The minimum Gasteiger partial charge on any atom is -0.352 e. The fourth-order valence-electron chi connectivity index (χ4n) is 4.47. The number of rotatable bonds is 9. The number of likely N-dealkylation sites (tertiary alicyclic amines) is 1. The van der Waals surface area contributed by atoms with Crippen LogP contribution in [0.3, 0.4) is 0 Å². The summed E-state index contributed by atoms with van der Waals surface area (Å²) in [5.74, 6) is 0.620. The molecule has 1 aromatic heterocycles. The summed E-state index contributed by atoms with van der Waals surface area (Å²) >= 11 is 0. The third kappa shape index (κ3) is 6.27. The number of aryl methyl sites for hydroxylation is 1. The predicted octanol–water partition coefficient (Wildman–Crippen LogP) is 1.91. The summed E-state index contributed by atoms with van der Waals surface area (Å²) < 4.78 is 0. The number of benzene rings is 1. The van der Waals surface area contributed by atoms with Crippen LogP contribution in [0.15, 0.2) is 18.3 Å². The third-order valence-corrected chi connectivity index (χ3v) is 6.24. The Balaban J connectivity index is 1.42. The van der Waals surface area contributed by atoms with Gasteiger partial charge in [-0.25, -0.2) is 0 Å². The fraction of sp³-hybridized carbons (Fsp3) is 0.652. The van der Waals surface area contributed by atoms with Crippen LogP contribution in [-0.4, -0.2) is 78.3 Å². The van der Waals surface area contributed by atoms with Gasteiger partial charge in [0.1, 0.15) is 0 Å². The number of aromatic amines is 1. The number of likely N-dealkylation sites (N-methyl/N-ethyl adjacent to an activating group) is 1. The van der Waals surface area contributed by atoms with Crippen molar-refractivity contribution < 1.29 is 4.79 Å². The number of amides is 1. The lowest BCUT2D eigenvalue weighted by Gasteiger charge is -2.33. The van der Waals surface area contributed by atoms with Crippen molar-refractivity contribution in [2.75, 3.05) is 40.3 Å². The Morgan fingerprint density at radius 1 is 1.37 bits per heavy atom. The van der Waals surface area contributed by atoms with Gasteiger partial charge in [-0.15, -0.1) is 0 Å². The molecule has 2 atom stereocenters. The Hall–Kier alpha value is -1.96. The van der Waals surface area contributed by atoms with Gasteiger partial charge in [-0.3, -0.25) is 9.89 Å². The van der Waals surface area contributed by atoms with Crippen molar-refractivity contribution in [1.82, 2.24) is 25.3 Å². The fourth-order valence-corrected chi connectivity index (χ4v) is 4.47. The topological polar surface area (TPSA) is 90.3 Å². The highest BCUT2D eigenvalue weighted by Gasteiger charge is 2.23. The zero-order chi connectivity index (χ0) is 21.7. The second-order valence-corrected chi connectivity index (χ2v) is 9.29. The quantitative estimate of drug-likeness (QED) is 0.583. The molecule has 0 spiro atoms. The summed E-state index contributed by atoms with van der Waals surface area (Å²) in [6, 6.07) is 3.76. The maximum atomic E-state index is 12.6. The molecule has 7 nitrogen and oxygen atoms in total. The molecule has 1 aliphatic rings. The summed E-state index contributed by atoms with van der Waals surface area (Å²) in [6.07, 6.45) is 5.80. The van der Waals surface area contributed by atoms with E-state index >= 15 is 0 Å². The molecule has 1 saturated heterocycles. The summed E-state index contributed by atoms with van der Waals surface area (Å²) in [7, 11) is 4.25. The summed E-state index contributed by atoms with van der Waals surface area (Å²) in [5.41, 5.74) is 9.46. The maximum Gasteiger partial charge on any atom is 0.237 e. The number of aromatic nitrogens is 2. The molecule has 0 radical (unpaired) electrons. The lowest BCUT2D eigenvalue weighted by Crippen LogP contribution is -2.46. The van der Waals surface area contributed by atoms with Crippen molar-refractivity contribution in [1.29, 1.82) is 0 Å². The predicted molar refractivity (Wildman–Crippen MR) is 122 cm³/mol. The van der Waals surface area contributed by atoms with Crippen molar-refractivity contribution >= 4 is 16.8 Å². The number of fused-ring (bicyclic) bond motifs is 1. The zero-order valence-electron chi connectivity index (χ0n) is 18.9. The minimum absolute atomic E-state index is 0.0594. The lowest BCUT2D eigenvalue weighted by atomic mass is 9.90. The molecule has 7 heteroatoms. The monoisotopic (exact) mass is 414 g/mol. The first-order valence-electron chi connectivity index (χ1n) is 11.2. The number of piperidine rings is 1. The van der Waals surface area contributed by atoms with E-state index in [-0.39, 0.29) is 11.9 Å². The number of carbonyl (C=O) groups is 1. The average molecular weight is 415 g/mol. The molecule has 1 aromatic carbocycles. The molecule has 2 aromatic rings. The Bertz CT molecular complexity index is 824. The normalized spacial score (nSPS) is 18.1. The van der Waals surface area contributed by atoms with Gasteiger partial charge in [-0.2, -0.15) is 5.10 Å². The molecule has 30 heavy (non-hydrogen) atoms. The molecule has 0 aliphatic carbocycles. The van der Waals surface area contributed by atoms with Crippen LogP contribution < -0.4 is 11.1 Å². The van der Waals surface area contributed by atoms with Gasteiger partial charge in [0.2, 0.25) is 5.91 Å². The van der Waals surface area contributed by atoms with Gasteiger partial charge in [-0.1, -0.05) is 6.07 Å². The van der Waals surface area contributed by atoms with E-state index < -0.39 is 6.04 Å². The van der Waals surface area contributed by atoms with Gasteiger partial charge in [0, 0.05) is 24.5 Å². The Morgan fingerprint density at radius 3 is 2.80 bits per heavy atom. The van der Waals surface area contributed by atoms with Crippen LogP contribution in [0.5, 0.6) is 0 Å². The highest BCUT2D eigenvalue weighted by Crippen LogP contribution is 2.22. The summed E-state index contributed by atoms with van der Waals surface area (Å²) in [5, 5.41) is 11.3. The first kappa shape index (κ1) is 22.7. The van der Waals surface area contributed by atoms with E-state index in [1.165, 1.54) is 12.8 Å². The third-order valence-electron chi connectivity index (χ3n) is 6.24. The molecule has 2 heterocycles. The van der Waals surface area contributed by atoms with Crippen molar-refractivity contribution in [3.63, 3.8) is 0 Å². The molecule has 3 rings (SSSR count). The van der Waals surface area contributed by atoms with Crippen LogP contribution in [0.4, 0.5) is 0 Å². The highest BCUT2D eigenvalue weighted by molar-refractivity contribution is 5.84. The van der Waals surface area contributed by atoms with Crippen LogP contribution in [-0.2, 0) is 11.2 Å². The molecule has 1 amide bonds. The van der Waals surface area contributed by atoms with E-state index in [2.05, 4.69) is 58.5 Å². The molecular weight excluding hydrogens is 376 g/mol. The van der Waals surface area contributed by atoms with Crippen molar-refractivity contribution in [3.05, 3.63) is 29.5 Å². The zero-order valence-corrected chi connectivity index (χ0v) is 18.9. The Labute approximate surface area is 180 Å². The molecule has 4 N–H and O–H groups in total. The molecule has 0 saturated carbocycles. The Morgan fingerprint density at radius 2 is 2.10 bits per heavy atom. The second kappa shape index (κ2) is 10.4. The first-order chi connectivity index (χ1) is 14.3. The van der Waals surface area contributed by atoms with E-state index in [1.54, 1.807) is 0 Å². The molecule has 166 valence electrons. The van der Waals surface area contributed by atoms with Gasteiger partial charge in [0.05, 0.1) is 17.8 Å². The van der Waals surface area contributed by atoms with Crippen molar-refractivity contribution in [2.45, 2.75) is 51.6 Å². The van der Waals surface area contributed by atoms with Crippen molar-refractivity contribution in [2.24, 2.45) is 11.7 Å². The second-order valence-electron chi connectivity index (χ2n) is 9.29. The summed E-state index contributed by atoms with van der Waals surface area (Å²) in [4.78, 5) is 17.4. The maximum absolute atomic E-state index is 12.6. The number of hydrogen-bond donors (Lipinski definition) is 3. The van der Waals surface area contributed by atoms with Crippen LogP contribution in [0.2, 0.25) is 0 Å². The van der Waals surface area contributed by atoms with Crippen LogP contribution in [0.1, 0.15) is 37.3 Å². The van der Waals surface area contributed by atoms with Crippen LogP contribution in [0.25, 0.3) is 10.9 Å². The first-order valence-corrected chi connectivity index (χ1v) is 11.2. The number of H-pyrrole nitrogens is 1. The van der Waals surface area contributed by atoms with E-state index in [9.17, 15) is 4.79 Å². The van der Waals surface area contributed by atoms with Gasteiger partial charge >= 0.3 is 0 Å². The number of carbonyl (C=O) groups excluding carboxylic acids is 1. The van der Waals surface area contributed by atoms with E-state index in [1.807, 2.05) is 13.1 Å². The van der Waals surface area contributed by atoms with Gasteiger partial charge in [-0.05, 0) is 89.8 Å². The molecule has 0 bridgehead atoms. The van der Waals surface area contributed by atoms with Gasteiger partial charge in [0.25, 0.3) is 0 Å². The standard InChI is InChI=1S/C23H38N6O/c1-16-11-19(13-20-15-25-27-22(16)20)14-21(24)23(30)26-17(2)12-18-5-7-29(8-6-18)10-9-28(3)4/h11,13,15,17-18,21H,5-10,12,14,24H2,1-4H3,(H,25,27)(H,26,30). The smallest absolute Gasteiger partial charge is 0.237 e. The Kier molecular flexibility index (Phi) is 7.86. The van der Waals surface area contributed by atoms with Gasteiger partial charge in [0.15, 0.2) is 0 Å². The largest absolute Gasteiger partial charge is 0.352 e. The van der Waals surface area contributed by atoms with E-state index in [0.717, 1.165) is 54.6 Å². The van der Waals surface area contributed by atoms with Gasteiger partial charge < -0.3 is 20.9 Å². The molecule has 1 fully saturated rings. The minimum atomic E-state index is -0.538. The number of nitrogens with two attached hydrogens (primary N) is 1. The summed E-state index contributed by atoms with van der Waals surface area (Å²) in [6.45, 7) is 8.73. The average Bonchev–Trinajstić information content (AvgIpc) is 3.16. The number of nitrogens with zero attached hydrogens (tertiary/aromatic N) is 3. The number of hydrogen-bond acceptors (Lipinski definition) is 5. The van der Waals surface area contributed by atoms with Crippen LogP contribution >= 0.6 is 0 Å². The van der Waals surface area contributed by atoms with Crippen LogP contribution in [0, 0.1) is 12.8 Å². The molecular formula is C23H38N6O. The van der Waals surface area contributed by atoms with E-state index in [0.29, 0.717) is 12.3 Å². The number of nitrogens with one attached hydrogen (secondary N) is 2.